The van der Waals surface area contributed by atoms with Gasteiger partial charge in [-0.05, 0) is 12.8 Å². The minimum atomic E-state index is -0.970. The van der Waals surface area contributed by atoms with Gasteiger partial charge >= 0.3 is 12.1 Å². The molecule has 17 heavy (non-hydrogen) atoms. The summed E-state index contributed by atoms with van der Waals surface area (Å²) in [6.45, 7) is 0. The second-order valence-corrected chi connectivity index (χ2v) is 3.94. The monoisotopic (exact) mass is 244 g/mol. The van der Waals surface area contributed by atoms with Gasteiger partial charge in [0.2, 0.25) is 5.91 Å². The molecule has 0 heterocycles. The van der Waals surface area contributed by atoms with Crippen LogP contribution in [0.3, 0.4) is 0 Å². The molecule has 0 aromatic heterocycles. The van der Waals surface area contributed by atoms with E-state index < -0.39 is 29.8 Å². The zero-order valence-electron chi connectivity index (χ0n) is 9.56. The molecule has 1 aliphatic carbocycles. The zero-order valence-corrected chi connectivity index (χ0v) is 9.56. The first-order chi connectivity index (χ1) is 8.06. The van der Waals surface area contributed by atoms with E-state index in [2.05, 4.69) is 10.2 Å². The van der Waals surface area contributed by atoms with Gasteiger partial charge in [0.25, 0.3) is 0 Å². The van der Waals surface area contributed by atoms with Crippen molar-refractivity contribution >= 4 is 18.0 Å². The molecule has 0 aromatic rings. The molecule has 1 rings (SSSR count). The molecule has 2 atom stereocenters. The van der Waals surface area contributed by atoms with Gasteiger partial charge in [-0.25, -0.2) is 10.2 Å². The summed E-state index contributed by atoms with van der Waals surface area (Å²) < 4.78 is 4.28. The first-order valence-electron chi connectivity index (χ1n) is 5.43. The third-order valence-electron chi connectivity index (χ3n) is 2.89. The second kappa shape index (κ2) is 6.07. The van der Waals surface area contributed by atoms with E-state index in [9.17, 15) is 14.4 Å². The molecule has 3 N–H and O–H groups in total. The summed E-state index contributed by atoms with van der Waals surface area (Å²) in [5.41, 5.74) is 4.20. The summed E-state index contributed by atoms with van der Waals surface area (Å²) in [5.74, 6) is -2.73. The van der Waals surface area contributed by atoms with Crippen LogP contribution in [0.5, 0.6) is 0 Å². The largest absolute Gasteiger partial charge is 0.481 e. The Morgan fingerprint density at radius 3 is 2.24 bits per heavy atom. The van der Waals surface area contributed by atoms with Crippen molar-refractivity contribution in [2.75, 3.05) is 7.11 Å². The van der Waals surface area contributed by atoms with Crippen LogP contribution in [-0.2, 0) is 14.3 Å². The van der Waals surface area contributed by atoms with E-state index in [1.165, 1.54) is 7.11 Å². The molecule has 0 unspecified atom stereocenters. The third-order valence-corrected chi connectivity index (χ3v) is 2.89. The van der Waals surface area contributed by atoms with Crippen LogP contribution in [0.1, 0.15) is 25.7 Å². The lowest BCUT2D eigenvalue weighted by molar-refractivity contribution is -0.149. The van der Waals surface area contributed by atoms with Crippen LogP contribution in [0, 0.1) is 11.8 Å². The van der Waals surface area contributed by atoms with Crippen molar-refractivity contribution in [1.29, 1.82) is 0 Å². The third kappa shape index (κ3) is 3.61. The number of carboxylic acid groups (broad SMARTS) is 1. The van der Waals surface area contributed by atoms with E-state index in [1.807, 2.05) is 5.43 Å². The Bertz CT molecular complexity index is 318. The Kier molecular flexibility index (Phi) is 4.74. The molecule has 0 bridgehead atoms. The van der Waals surface area contributed by atoms with E-state index in [-0.39, 0.29) is 0 Å². The van der Waals surface area contributed by atoms with E-state index in [0.29, 0.717) is 12.8 Å². The Hall–Kier alpha value is -1.79. The van der Waals surface area contributed by atoms with E-state index in [4.69, 9.17) is 5.11 Å². The summed E-state index contributed by atoms with van der Waals surface area (Å²) in [6.07, 6.45) is 1.85. The summed E-state index contributed by atoms with van der Waals surface area (Å²) in [4.78, 5) is 33.4. The lowest BCUT2D eigenvalue weighted by Crippen LogP contribution is -2.47. The van der Waals surface area contributed by atoms with Crippen LogP contribution < -0.4 is 10.9 Å². The number of carboxylic acids is 1. The molecule has 1 aliphatic rings. The highest BCUT2D eigenvalue weighted by atomic mass is 16.5. The molecule has 2 amide bonds. The lowest BCUT2D eigenvalue weighted by Gasteiger charge is -2.27. The van der Waals surface area contributed by atoms with E-state index in [0.717, 1.165) is 12.8 Å². The van der Waals surface area contributed by atoms with E-state index in [1.54, 1.807) is 0 Å². The van der Waals surface area contributed by atoms with Gasteiger partial charge in [0, 0.05) is 0 Å². The van der Waals surface area contributed by atoms with Crippen LogP contribution in [-0.4, -0.2) is 30.2 Å². The molecule has 0 spiro atoms. The van der Waals surface area contributed by atoms with Crippen molar-refractivity contribution in [3.05, 3.63) is 0 Å². The van der Waals surface area contributed by atoms with Gasteiger partial charge in [0.05, 0.1) is 18.9 Å². The van der Waals surface area contributed by atoms with Gasteiger partial charge in [-0.15, -0.1) is 0 Å². The lowest BCUT2D eigenvalue weighted by atomic mass is 9.79. The Morgan fingerprint density at radius 2 is 1.71 bits per heavy atom. The summed E-state index contributed by atoms with van der Waals surface area (Å²) in [5, 5.41) is 8.99. The number of amides is 2. The van der Waals surface area contributed by atoms with Crippen LogP contribution in [0.25, 0.3) is 0 Å². The molecule has 1 fully saturated rings. The standard InChI is InChI=1S/C10H16N2O5/c1-17-10(16)12-11-8(13)6-4-2-3-5-7(6)9(14)15/h6-7H,2-5H2,1H3,(H,11,13)(H,12,16)(H,14,15)/t6-,7-/m0/s1. The van der Waals surface area contributed by atoms with Crippen molar-refractivity contribution < 1.29 is 24.2 Å². The number of hydrogen-bond acceptors (Lipinski definition) is 4. The van der Waals surface area contributed by atoms with Gasteiger partial charge in [0.1, 0.15) is 0 Å². The maximum atomic E-state index is 11.7. The molecule has 7 nitrogen and oxygen atoms in total. The molecule has 0 aliphatic heterocycles. The van der Waals surface area contributed by atoms with Gasteiger partial charge in [-0.2, -0.15) is 0 Å². The normalized spacial score (nSPS) is 23.6. The number of rotatable bonds is 2. The molecular weight excluding hydrogens is 228 g/mol. The smallest absolute Gasteiger partial charge is 0.425 e. The molecule has 96 valence electrons. The van der Waals surface area contributed by atoms with Crippen LogP contribution >= 0.6 is 0 Å². The number of carbonyl (C=O) groups excluding carboxylic acids is 2. The number of hydrazine groups is 1. The van der Waals surface area contributed by atoms with Crippen LogP contribution in [0.4, 0.5) is 4.79 Å². The fraction of sp³-hybridized carbons (Fsp3) is 0.700. The number of carbonyl (C=O) groups is 3. The van der Waals surface area contributed by atoms with Crippen molar-refractivity contribution in [2.45, 2.75) is 25.7 Å². The maximum Gasteiger partial charge on any atom is 0.425 e. The zero-order chi connectivity index (χ0) is 12.8. The van der Waals surface area contributed by atoms with Gasteiger partial charge in [0.15, 0.2) is 0 Å². The molecular formula is C10H16N2O5. The maximum absolute atomic E-state index is 11.7. The molecule has 0 saturated heterocycles. The minimum Gasteiger partial charge on any atom is -0.481 e. The number of ether oxygens (including phenoxy) is 1. The topological polar surface area (TPSA) is 105 Å². The van der Waals surface area contributed by atoms with Crippen molar-refractivity contribution in [3.8, 4) is 0 Å². The second-order valence-electron chi connectivity index (χ2n) is 3.94. The molecule has 0 aromatic carbocycles. The summed E-state index contributed by atoms with van der Waals surface area (Å²) >= 11 is 0. The summed E-state index contributed by atoms with van der Waals surface area (Å²) in [6, 6.07) is 0. The fourth-order valence-corrected chi connectivity index (χ4v) is 2.00. The SMILES string of the molecule is COC(=O)NNC(=O)[C@H]1CCCC[C@@H]1C(=O)O. The number of nitrogens with one attached hydrogen (secondary N) is 2. The first kappa shape index (κ1) is 13.3. The molecule has 1 saturated carbocycles. The Morgan fingerprint density at radius 1 is 1.12 bits per heavy atom. The van der Waals surface area contributed by atoms with Crippen molar-refractivity contribution in [3.63, 3.8) is 0 Å². The fourth-order valence-electron chi connectivity index (χ4n) is 2.00. The number of hydrogen-bond donors (Lipinski definition) is 3. The van der Waals surface area contributed by atoms with Gasteiger partial charge in [-0.3, -0.25) is 15.0 Å². The summed E-state index contributed by atoms with van der Waals surface area (Å²) in [7, 11) is 1.17. The Labute approximate surface area is 98.5 Å². The van der Waals surface area contributed by atoms with E-state index >= 15 is 0 Å². The predicted molar refractivity (Wildman–Crippen MR) is 56.8 cm³/mol. The van der Waals surface area contributed by atoms with Crippen LogP contribution in [0.2, 0.25) is 0 Å². The average molecular weight is 244 g/mol. The number of aliphatic carboxylic acids is 1. The highest BCUT2D eigenvalue weighted by Crippen LogP contribution is 2.30. The quantitative estimate of drug-likeness (QED) is 0.604. The highest BCUT2D eigenvalue weighted by molar-refractivity contribution is 5.86. The molecule has 7 heteroatoms. The molecule has 0 radical (unpaired) electrons. The number of methoxy groups -OCH3 is 1. The van der Waals surface area contributed by atoms with Gasteiger partial charge < -0.3 is 9.84 Å². The van der Waals surface area contributed by atoms with Crippen LogP contribution in [0.15, 0.2) is 0 Å². The minimum absolute atomic E-state index is 0.484. The Balaban J connectivity index is 2.53. The van der Waals surface area contributed by atoms with Crippen molar-refractivity contribution in [1.82, 2.24) is 10.9 Å². The van der Waals surface area contributed by atoms with Gasteiger partial charge in [-0.1, -0.05) is 12.8 Å². The predicted octanol–water partition coefficient (Wildman–Crippen LogP) is 0.265. The first-order valence-corrected chi connectivity index (χ1v) is 5.43. The van der Waals surface area contributed by atoms with Crippen molar-refractivity contribution in [2.24, 2.45) is 11.8 Å². The average Bonchev–Trinajstić information content (AvgIpc) is 2.35. The highest BCUT2D eigenvalue weighted by Gasteiger charge is 2.35.